The zero-order valence-corrected chi connectivity index (χ0v) is 12.9. The van der Waals surface area contributed by atoms with Crippen LogP contribution < -0.4 is 9.47 Å². The number of methoxy groups -OCH3 is 1. The molecule has 1 aromatic carbocycles. The van der Waals surface area contributed by atoms with Crippen molar-refractivity contribution in [3.8, 4) is 11.5 Å². The third-order valence-electron chi connectivity index (χ3n) is 2.65. The molecule has 0 radical (unpaired) electrons. The number of benzene rings is 1. The van der Waals surface area contributed by atoms with Crippen LogP contribution in [0.5, 0.6) is 11.5 Å². The van der Waals surface area contributed by atoms with Crippen molar-refractivity contribution in [3.05, 3.63) is 29.3 Å². The molecule has 0 atom stereocenters. The van der Waals surface area contributed by atoms with Crippen LogP contribution in [0.1, 0.15) is 32.3 Å². The Hall–Kier alpha value is -0.960. The molecule has 0 fully saturated rings. The lowest BCUT2D eigenvalue weighted by Gasteiger charge is -2.11. The summed E-state index contributed by atoms with van der Waals surface area (Å²) in [5, 5.41) is 0.903. The van der Waals surface area contributed by atoms with Gasteiger partial charge in [0, 0.05) is 5.33 Å². The van der Waals surface area contributed by atoms with Crippen LogP contribution in [0.25, 0.3) is 6.08 Å². The van der Waals surface area contributed by atoms with E-state index in [4.69, 9.17) is 9.47 Å². The van der Waals surface area contributed by atoms with Gasteiger partial charge in [-0.05, 0) is 30.5 Å². The highest BCUT2D eigenvalue weighted by atomic mass is 79.9. The summed E-state index contributed by atoms with van der Waals surface area (Å²) in [5.74, 6) is 1.61. The molecule has 100 valence electrons. The lowest BCUT2D eigenvalue weighted by Crippen LogP contribution is -1.98. The quantitative estimate of drug-likeness (QED) is 0.681. The van der Waals surface area contributed by atoms with E-state index in [1.54, 1.807) is 7.11 Å². The normalized spacial score (nSPS) is 11.4. The van der Waals surface area contributed by atoms with E-state index in [0.717, 1.165) is 35.2 Å². The molecule has 2 nitrogen and oxygen atoms in total. The Morgan fingerprint density at radius 1 is 1.28 bits per heavy atom. The number of hydrogen-bond acceptors (Lipinski definition) is 2. The molecule has 0 bridgehead atoms. The molecule has 0 aliphatic heterocycles. The maximum absolute atomic E-state index is 5.63. The van der Waals surface area contributed by atoms with Crippen LogP contribution in [-0.4, -0.2) is 19.0 Å². The first-order valence-corrected chi connectivity index (χ1v) is 7.43. The van der Waals surface area contributed by atoms with Gasteiger partial charge < -0.3 is 9.47 Å². The van der Waals surface area contributed by atoms with Gasteiger partial charge >= 0.3 is 0 Å². The van der Waals surface area contributed by atoms with Gasteiger partial charge in [-0.2, -0.15) is 0 Å². The van der Waals surface area contributed by atoms with E-state index in [1.165, 1.54) is 5.57 Å². The van der Waals surface area contributed by atoms with E-state index >= 15 is 0 Å². The minimum Gasteiger partial charge on any atom is -0.493 e. The Kier molecular flexibility index (Phi) is 6.88. The highest BCUT2D eigenvalue weighted by Gasteiger charge is 2.04. The largest absolute Gasteiger partial charge is 0.493 e. The molecule has 1 aromatic rings. The lowest BCUT2D eigenvalue weighted by atomic mass is 10.1. The first-order valence-electron chi connectivity index (χ1n) is 6.31. The Labute approximate surface area is 118 Å². The average Bonchev–Trinajstić information content (AvgIpc) is 2.42. The Bertz CT molecular complexity index is 393. The van der Waals surface area contributed by atoms with Gasteiger partial charge in [0.25, 0.3) is 0 Å². The molecule has 0 saturated heterocycles. The van der Waals surface area contributed by atoms with Gasteiger partial charge in [0.05, 0.1) is 13.7 Å². The molecule has 0 amide bonds. The molecule has 3 heteroatoms. The molecular weight excluding hydrogens is 292 g/mol. The molecule has 0 aromatic heterocycles. The summed E-state index contributed by atoms with van der Waals surface area (Å²) in [6, 6.07) is 6.05. The van der Waals surface area contributed by atoms with E-state index in [2.05, 4.69) is 41.9 Å². The van der Waals surface area contributed by atoms with Gasteiger partial charge in [-0.15, -0.1) is 0 Å². The Morgan fingerprint density at radius 3 is 2.61 bits per heavy atom. The first-order chi connectivity index (χ1) is 8.74. The summed E-state index contributed by atoms with van der Waals surface area (Å²) in [6.07, 6.45) is 4.22. The smallest absolute Gasteiger partial charge is 0.161 e. The molecule has 0 heterocycles. The fraction of sp³-hybridized carbons (Fsp3) is 0.467. The van der Waals surface area contributed by atoms with Crippen LogP contribution in [0.3, 0.4) is 0 Å². The SMILES string of the molecule is CCCOc1ccc(C=C(CC)CBr)cc1OC. The summed E-state index contributed by atoms with van der Waals surface area (Å²) in [7, 11) is 1.67. The summed E-state index contributed by atoms with van der Waals surface area (Å²) >= 11 is 3.49. The van der Waals surface area contributed by atoms with E-state index in [1.807, 2.05) is 12.1 Å². The van der Waals surface area contributed by atoms with Crippen molar-refractivity contribution in [2.75, 3.05) is 19.0 Å². The highest BCUT2D eigenvalue weighted by Crippen LogP contribution is 2.29. The lowest BCUT2D eigenvalue weighted by molar-refractivity contribution is 0.294. The van der Waals surface area contributed by atoms with Gasteiger partial charge in [-0.3, -0.25) is 0 Å². The standard InChI is InChI=1S/C15H21BrO2/c1-4-8-18-14-7-6-13(10-15(14)17-3)9-12(5-2)11-16/h6-7,9-10H,4-5,8,11H2,1-3H3. The Morgan fingerprint density at radius 2 is 2.06 bits per heavy atom. The minimum absolute atomic E-state index is 0.715. The minimum atomic E-state index is 0.715. The predicted octanol–water partition coefficient (Wildman–Crippen LogP) is 4.67. The number of alkyl halides is 1. The van der Waals surface area contributed by atoms with Crippen molar-refractivity contribution in [2.24, 2.45) is 0 Å². The monoisotopic (exact) mass is 312 g/mol. The van der Waals surface area contributed by atoms with E-state index in [9.17, 15) is 0 Å². The zero-order chi connectivity index (χ0) is 13.4. The molecule has 1 rings (SSSR count). The van der Waals surface area contributed by atoms with Gasteiger partial charge in [-0.1, -0.05) is 47.5 Å². The summed E-state index contributed by atoms with van der Waals surface area (Å²) in [6.45, 7) is 4.96. The second kappa shape index (κ2) is 8.20. The number of hydrogen-bond donors (Lipinski definition) is 0. The van der Waals surface area contributed by atoms with Gasteiger partial charge in [0.15, 0.2) is 11.5 Å². The van der Waals surface area contributed by atoms with Crippen LogP contribution in [0.4, 0.5) is 0 Å². The molecule has 18 heavy (non-hydrogen) atoms. The molecule has 0 aliphatic carbocycles. The third kappa shape index (κ3) is 4.37. The molecule has 0 N–H and O–H groups in total. The number of halogens is 1. The van der Waals surface area contributed by atoms with Crippen molar-refractivity contribution in [3.63, 3.8) is 0 Å². The van der Waals surface area contributed by atoms with Crippen LogP contribution >= 0.6 is 15.9 Å². The second-order valence-electron chi connectivity index (χ2n) is 4.05. The van der Waals surface area contributed by atoms with E-state index < -0.39 is 0 Å². The van der Waals surface area contributed by atoms with Crippen LogP contribution in [0.15, 0.2) is 23.8 Å². The van der Waals surface area contributed by atoms with Crippen molar-refractivity contribution in [1.29, 1.82) is 0 Å². The van der Waals surface area contributed by atoms with Crippen LogP contribution in [0.2, 0.25) is 0 Å². The summed E-state index contributed by atoms with van der Waals surface area (Å²) < 4.78 is 11.0. The predicted molar refractivity (Wildman–Crippen MR) is 80.8 cm³/mol. The fourth-order valence-corrected chi connectivity index (χ4v) is 2.13. The van der Waals surface area contributed by atoms with E-state index in [0.29, 0.717) is 6.61 Å². The van der Waals surface area contributed by atoms with Crippen molar-refractivity contribution >= 4 is 22.0 Å². The molecule has 0 unspecified atom stereocenters. The second-order valence-corrected chi connectivity index (χ2v) is 4.61. The molecule has 0 spiro atoms. The van der Waals surface area contributed by atoms with Crippen molar-refractivity contribution in [1.82, 2.24) is 0 Å². The number of rotatable bonds is 7. The molecule has 0 aliphatic rings. The highest BCUT2D eigenvalue weighted by molar-refractivity contribution is 9.09. The summed E-state index contributed by atoms with van der Waals surface area (Å²) in [5.41, 5.74) is 2.51. The van der Waals surface area contributed by atoms with Gasteiger partial charge in [0.2, 0.25) is 0 Å². The van der Waals surface area contributed by atoms with E-state index in [-0.39, 0.29) is 0 Å². The maximum Gasteiger partial charge on any atom is 0.161 e. The molecular formula is C15H21BrO2. The van der Waals surface area contributed by atoms with Crippen molar-refractivity contribution < 1.29 is 9.47 Å². The van der Waals surface area contributed by atoms with Gasteiger partial charge in [0.1, 0.15) is 0 Å². The third-order valence-corrected chi connectivity index (χ3v) is 3.37. The summed E-state index contributed by atoms with van der Waals surface area (Å²) in [4.78, 5) is 0. The van der Waals surface area contributed by atoms with Gasteiger partial charge in [-0.25, -0.2) is 0 Å². The van der Waals surface area contributed by atoms with Crippen LogP contribution in [0, 0.1) is 0 Å². The topological polar surface area (TPSA) is 18.5 Å². The fourth-order valence-electron chi connectivity index (χ4n) is 1.58. The zero-order valence-electron chi connectivity index (χ0n) is 11.3. The number of ether oxygens (including phenoxy) is 2. The maximum atomic E-state index is 5.63. The first kappa shape index (κ1) is 15.1. The van der Waals surface area contributed by atoms with Crippen LogP contribution in [-0.2, 0) is 0 Å². The average molecular weight is 313 g/mol. The molecule has 0 saturated carbocycles. The Balaban J connectivity index is 2.94. The number of allylic oxidation sites excluding steroid dienone is 1. The van der Waals surface area contributed by atoms with Crippen molar-refractivity contribution in [2.45, 2.75) is 26.7 Å².